The fourth-order valence-corrected chi connectivity index (χ4v) is 2.74. The van der Waals surface area contributed by atoms with Gasteiger partial charge in [0.1, 0.15) is 23.2 Å². The van der Waals surface area contributed by atoms with Gasteiger partial charge in [0.15, 0.2) is 5.82 Å². The van der Waals surface area contributed by atoms with Crippen LogP contribution in [0.25, 0.3) is 0 Å². The number of hydrogen-bond acceptors (Lipinski definition) is 6. The Morgan fingerprint density at radius 1 is 1.38 bits per heavy atom. The van der Waals surface area contributed by atoms with Crippen LogP contribution in [0, 0.1) is 11.3 Å². The van der Waals surface area contributed by atoms with Gasteiger partial charge in [-0.3, -0.25) is 4.79 Å². The fraction of sp³-hybridized carbons (Fsp3) is 0.250. The van der Waals surface area contributed by atoms with E-state index in [4.69, 9.17) is 22.6 Å². The second-order valence-corrected chi connectivity index (χ2v) is 5.85. The number of amides is 1. The van der Waals surface area contributed by atoms with E-state index in [1.54, 1.807) is 17.0 Å². The first kappa shape index (κ1) is 16.0. The number of benzene rings is 1. The number of nitrogen functional groups attached to an aromatic ring is 1. The lowest BCUT2D eigenvalue weighted by Gasteiger charge is -2.18. The lowest BCUT2D eigenvalue weighted by molar-refractivity contribution is -0.128. The van der Waals surface area contributed by atoms with Crippen molar-refractivity contribution in [2.75, 3.05) is 17.6 Å². The van der Waals surface area contributed by atoms with Crippen LogP contribution in [0.1, 0.15) is 17.5 Å². The Hall–Kier alpha value is -2.85. The molecule has 8 heteroatoms. The zero-order valence-corrected chi connectivity index (χ0v) is 13.5. The molecule has 3 rings (SSSR count). The van der Waals surface area contributed by atoms with Gasteiger partial charge in [-0.05, 0) is 24.1 Å². The molecule has 3 N–H and O–H groups in total. The monoisotopic (exact) mass is 342 g/mol. The number of nitrogens with two attached hydrogens (primary N) is 1. The highest BCUT2D eigenvalue weighted by Crippen LogP contribution is 2.26. The highest BCUT2D eigenvalue weighted by atomic mass is 35.5. The number of nitrogens with zero attached hydrogens (tertiary/aromatic N) is 4. The van der Waals surface area contributed by atoms with Gasteiger partial charge in [-0.25, -0.2) is 9.97 Å². The van der Waals surface area contributed by atoms with Gasteiger partial charge in [-0.15, -0.1) is 0 Å². The first-order chi connectivity index (χ1) is 11.6. The maximum absolute atomic E-state index is 12.5. The average molecular weight is 343 g/mol. The minimum Gasteiger partial charge on any atom is -0.382 e. The van der Waals surface area contributed by atoms with Crippen LogP contribution in [-0.4, -0.2) is 33.4 Å². The quantitative estimate of drug-likeness (QED) is 0.877. The molecular weight excluding hydrogens is 328 g/mol. The summed E-state index contributed by atoms with van der Waals surface area (Å²) in [5.41, 5.74) is 7.22. The number of nitriles is 1. The molecule has 1 aliphatic heterocycles. The molecule has 1 atom stereocenters. The molecule has 1 saturated heterocycles. The third-order valence-corrected chi connectivity index (χ3v) is 4.25. The number of carbonyl (C=O) groups is 1. The van der Waals surface area contributed by atoms with E-state index >= 15 is 0 Å². The lowest BCUT2D eigenvalue weighted by atomic mass is 10.1. The van der Waals surface area contributed by atoms with E-state index in [1.165, 1.54) is 6.33 Å². The number of halogens is 1. The molecule has 1 aromatic carbocycles. The van der Waals surface area contributed by atoms with Crippen LogP contribution in [0.2, 0.25) is 5.02 Å². The highest BCUT2D eigenvalue weighted by molar-refractivity contribution is 6.35. The van der Waals surface area contributed by atoms with E-state index in [0.29, 0.717) is 30.9 Å². The van der Waals surface area contributed by atoms with Crippen molar-refractivity contribution in [3.8, 4) is 6.07 Å². The summed E-state index contributed by atoms with van der Waals surface area (Å²) in [5.74, 6) is 0.518. The molecule has 1 fully saturated rings. The molecule has 24 heavy (non-hydrogen) atoms. The summed E-state index contributed by atoms with van der Waals surface area (Å²) in [6.07, 6.45) is 1.95. The standard InChI is InChI=1S/C16H15ClN6O/c17-13-14(19)20-9-21-15(13)22-12-5-6-23(16(12)24)8-11-3-1-10(7-18)2-4-11/h1-4,9,12H,5-6,8H2,(H3,19,20,21,22)/t12-/m1/s1. The minimum atomic E-state index is -0.393. The molecule has 0 aliphatic carbocycles. The van der Waals surface area contributed by atoms with Gasteiger partial charge in [0.25, 0.3) is 0 Å². The zero-order valence-electron chi connectivity index (χ0n) is 12.7. The summed E-state index contributed by atoms with van der Waals surface area (Å²) in [7, 11) is 0. The van der Waals surface area contributed by atoms with Crippen molar-refractivity contribution >= 4 is 29.1 Å². The predicted octanol–water partition coefficient (Wildman–Crippen LogP) is 1.80. The first-order valence-corrected chi connectivity index (χ1v) is 7.76. The van der Waals surface area contributed by atoms with Crippen LogP contribution in [0.4, 0.5) is 11.6 Å². The largest absolute Gasteiger partial charge is 0.382 e. The van der Waals surface area contributed by atoms with Gasteiger partial charge in [-0.1, -0.05) is 23.7 Å². The number of rotatable bonds is 4. The summed E-state index contributed by atoms with van der Waals surface area (Å²) in [6, 6.07) is 8.88. The van der Waals surface area contributed by atoms with Crippen LogP contribution in [-0.2, 0) is 11.3 Å². The Kier molecular flexibility index (Phi) is 4.49. The third-order valence-electron chi connectivity index (χ3n) is 3.88. The molecule has 7 nitrogen and oxygen atoms in total. The van der Waals surface area contributed by atoms with Gasteiger partial charge in [-0.2, -0.15) is 5.26 Å². The smallest absolute Gasteiger partial charge is 0.245 e. The van der Waals surface area contributed by atoms with Crippen molar-refractivity contribution in [2.24, 2.45) is 0 Å². The number of hydrogen-bond donors (Lipinski definition) is 2. The van der Waals surface area contributed by atoms with Gasteiger partial charge in [0.05, 0.1) is 11.6 Å². The summed E-state index contributed by atoms with van der Waals surface area (Å²) in [6.45, 7) is 1.14. The fourth-order valence-electron chi connectivity index (χ4n) is 2.58. The van der Waals surface area contributed by atoms with Crippen molar-refractivity contribution in [3.05, 3.63) is 46.7 Å². The Balaban J connectivity index is 1.66. The molecule has 0 unspecified atom stereocenters. The molecule has 1 amide bonds. The van der Waals surface area contributed by atoms with Crippen LogP contribution in [0.15, 0.2) is 30.6 Å². The maximum atomic E-state index is 12.5. The van der Waals surface area contributed by atoms with Gasteiger partial charge in [0, 0.05) is 13.1 Å². The number of nitrogens with one attached hydrogen (secondary N) is 1. The molecular formula is C16H15ClN6O. The molecule has 0 bridgehead atoms. The Morgan fingerprint density at radius 3 is 2.83 bits per heavy atom. The van der Waals surface area contributed by atoms with E-state index in [-0.39, 0.29) is 16.7 Å². The molecule has 0 radical (unpaired) electrons. The first-order valence-electron chi connectivity index (χ1n) is 7.39. The van der Waals surface area contributed by atoms with Crippen molar-refractivity contribution in [1.82, 2.24) is 14.9 Å². The van der Waals surface area contributed by atoms with Crippen LogP contribution < -0.4 is 11.1 Å². The van der Waals surface area contributed by atoms with E-state index in [2.05, 4.69) is 21.4 Å². The number of likely N-dealkylation sites (tertiary alicyclic amines) is 1. The summed E-state index contributed by atoms with van der Waals surface area (Å²) in [5, 5.41) is 12.1. The highest BCUT2D eigenvalue weighted by Gasteiger charge is 2.32. The minimum absolute atomic E-state index is 0.0207. The van der Waals surface area contributed by atoms with E-state index in [9.17, 15) is 4.79 Å². The second-order valence-electron chi connectivity index (χ2n) is 5.48. The molecule has 2 aromatic rings. The molecule has 0 spiro atoms. The van der Waals surface area contributed by atoms with Gasteiger partial charge in [0.2, 0.25) is 5.91 Å². The normalized spacial score (nSPS) is 16.9. The summed E-state index contributed by atoms with van der Waals surface area (Å²) >= 11 is 6.05. The van der Waals surface area contributed by atoms with Gasteiger partial charge < -0.3 is 16.0 Å². The molecule has 1 aliphatic rings. The van der Waals surface area contributed by atoms with Crippen molar-refractivity contribution in [2.45, 2.75) is 19.0 Å². The maximum Gasteiger partial charge on any atom is 0.245 e. The predicted molar refractivity (Wildman–Crippen MR) is 90.1 cm³/mol. The number of aromatic nitrogens is 2. The van der Waals surface area contributed by atoms with Crippen molar-refractivity contribution in [1.29, 1.82) is 5.26 Å². The average Bonchev–Trinajstić information content (AvgIpc) is 2.93. The van der Waals surface area contributed by atoms with Crippen molar-refractivity contribution in [3.63, 3.8) is 0 Å². The van der Waals surface area contributed by atoms with Crippen LogP contribution >= 0.6 is 11.6 Å². The lowest BCUT2D eigenvalue weighted by Crippen LogP contribution is -2.33. The van der Waals surface area contributed by atoms with Gasteiger partial charge >= 0.3 is 0 Å². The van der Waals surface area contributed by atoms with Crippen molar-refractivity contribution < 1.29 is 4.79 Å². The zero-order chi connectivity index (χ0) is 17.1. The van der Waals surface area contributed by atoms with Crippen LogP contribution in [0.5, 0.6) is 0 Å². The van der Waals surface area contributed by atoms with Crippen LogP contribution in [0.3, 0.4) is 0 Å². The topological polar surface area (TPSA) is 108 Å². The Morgan fingerprint density at radius 2 is 2.12 bits per heavy atom. The third kappa shape index (κ3) is 3.24. The molecule has 0 saturated carbocycles. The SMILES string of the molecule is N#Cc1ccc(CN2CC[C@@H](Nc3ncnc(N)c3Cl)C2=O)cc1. The summed E-state index contributed by atoms with van der Waals surface area (Å²) in [4.78, 5) is 22.1. The van der Waals surface area contributed by atoms with E-state index in [0.717, 1.165) is 5.56 Å². The number of carbonyl (C=O) groups excluding carboxylic acids is 1. The van der Waals surface area contributed by atoms with E-state index < -0.39 is 6.04 Å². The Bertz CT molecular complexity index is 801. The summed E-state index contributed by atoms with van der Waals surface area (Å²) < 4.78 is 0. The number of anilines is 2. The molecule has 2 heterocycles. The second kappa shape index (κ2) is 6.72. The molecule has 1 aromatic heterocycles. The van der Waals surface area contributed by atoms with E-state index in [1.807, 2.05) is 12.1 Å². The molecule has 122 valence electrons. The Labute approximate surface area is 144 Å².